The van der Waals surface area contributed by atoms with Crippen molar-refractivity contribution in [2.75, 3.05) is 13.2 Å². The minimum atomic E-state index is -0.798. The Balaban J connectivity index is 1.64. The highest BCUT2D eigenvalue weighted by molar-refractivity contribution is 6.30. The molecule has 0 bridgehead atoms. The predicted molar refractivity (Wildman–Crippen MR) is 138 cm³/mol. The van der Waals surface area contributed by atoms with Crippen LogP contribution in [0.2, 0.25) is 10.0 Å². The highest BCUT2D eigenvalue weighted by atomic mass is 35.5. The van der Waals surface area contributed by atoms with Crippen LogP contribution in [0.4, 0.5) is 0 Å². The van der Waals surface area contributed by atoms with Gasteiger partial charge in [-0.1, -0.05) is 77.8 Å². The van der Waals surface area contributed by atoms with E-state index in [1.165, 1.54) is 0 Å². The second-order valence-electron chi connectivity index (χ2n) is 8.64. The van der Waals surface area contributed by atoms with Gasteiger partial charge in [0.05, 0.1) is 12.5 Å². The van der Waals surface area contributed by atoms with Crippen LogP contribution in [0.5, 0.6) is 0 Å². The molecule has 0 radical (unpaired) electrons. The molecule has 7 heteroatoms. The summed E-state index contributed by atoms with van der Waals surface area (Å²) in [6, 6.07) is 23.1. The third-order valence-electron chi connectivity index (χ3n) is 6.06. The lowest BCUT2D eigenvalue weighted by atomic mass is 10.0. The van der Waals surface area contributed by atoms with Gasteiger partial charge in [0, 0.05) is 29.7 Å². The monoisotopic (exact) mass is 510 g/mol. The molecule has 3 aromatic rings. The van der Waals surface area contributed by atoms with Crippen LogP contribution in [0.1, 0.15) is 35.6 Å². The van der Waals surface area contributed by atoms with Crippen molar-refractivity contribution >= 4 is 35.0 Å². The van der Waals surface area contributed by atoms with Crippen molar-refractivity contribution in [3.05, 3.63) is 106 Å². The number of rotatable bonds is 9. The SMILES string of the molecule is O=C(NC[C@H]1CCCO1)[C@H](c1ccccc1)N(Cc1ccc(Cl)cc1)C(=O)Cc1ccc(Cl)cc1. The molecule has 3 aromatic carbocycles. The molecular formula is C28H28Cl2N2O3. The van der Waals surface area contributed by atoms with E-state index in [9.17, 15) is 9.59 Å². The fraction of sp³-hybridized carbons (Fsp3) is 0.286. The van der Waals surface area contributed by atoms with Gasteiger partial charge < -0.3 is 15.0 Å². The second-order valence-corrected chi connectivity index (χ2v) is 9.52. The zero-order valence-electron chi connectivity index (χ0n) is 19.3. The Bertz CT molecular complexity index is 1120. The zero-order chi connectivity index (χ0) is 24.6. The molecular weight excluding hydrogens is 483 g/mol. The molecule has 35 heavy (non-hydrogen) atoms. The summed E-state index contributed by atoms with van der Waals surface area (Å²) in [5.74, 6) is -0.395. The van der Waals surface area contributed by atoms with Crippen molar-refractivity contribution < 1.29 is 14.3 Å². The Hall–Kier alpha value is -2.86. The zero-order valence-corrected chi connectivity index (χ0v) is 20.8. The van der Waals surface area contributed by atoms with E-state index in [0.717, 1.165) is 29.5 Å². The number of hydrogen-bond donors (Lipinski definition) is 1. The fourth-order valence-electron chi connectivity index (χ4n) is 4.21. The van der Waals surface area contributed by atoms with E-state index in [2.05, 4.69) is 5.32 Å². The molecule has 4 rings (SSSR count). The smallest absolute Gasteiger partial charge is 0.247 e. The van der Waals surface area contributed by atoms with Gasteiger partial charge in [0.25, 0.3) is 0 Å². The maximum atomic E-state index is 13.7. The van der Waals surface area contributed by atoms with E-state index in [4.69, 9.17) is 27.9 Å². The number of hydrogen-bond acceptors (Lipinski definition) is 3. The summed E-state index contributed by atoms with van der Waals surface area (Å²) in [7, 11) is 0. The van der Waals surface area contributed by atoms with Crippen LogP contribution >= 0.6 is 23.2 Å². The second kappa shape index (κ2) is 12.2. The van der Waals surface area contributed by atoms with Crippen molar-refractivity contribution in [1.82, 2.24) is 10.2 Å². The molecule has 5 nitrogen and oxygen atoms in total. The van der Waals surface area contributed by atoms with Gasteiger partial charge in [0.2, 0.25) is 11.8 Å². The average molecular weight is 511 g/mol. The molecule has 0 unspecified atom stereocenters. The third-order valence-corrected chi connectivity index (χ3v) is 6.56. The largest absolute Gasteiger partial charge is 0.376 e. The molecule has 0 spiro atoms. The number of carbonyl (C=O) groups excluding carboxylic acids is 2. The summed E-state index contributed by atoms with van der Waals surface area (Å²) >= 11 is 12.1. The number of ether oxygens (including phenoxy) is 1. The average Bonchev–Trinajstić information content (AvgIpc) is 3.39. The van der Waals surface area contributed by atoms with Gasteiger partial charge in [-0.15, -0.1) is 0 Å². The molecule has 1 aliphatic heterocycles. The van der Waals surface area contributed by atoms with Gasteiger partial charge in [-0.2, -0.15) is 0 Å². The van der Waals surface area contributed by atoms with Gasteiger partial charge in [-0.05, 0) is 53.8 Å². The van der Waals surface area contributed by atoms with E-state index in [-0.39, 0.29) is 30.9 Å². The molecule has 1 heterocycles. The van der Waals surface area contributed by atoms with Crippen LogP contribution in [0.15, 0.2) is 78.9 Å². The first-order valence-electron chi connectivity index (χ1n) is 11.7. The van der Waals surface area contributed by atoms with Crippen LogP contribution in [-0.4, -0.2) is 36.0 Å². The Kier molecular flexibility index (Phi) is 8.80. The molecule has 1 N–H and O–H groups in total. The normalized spacial score (nSPS) is 16.0. The van der Waals surface area contributed by atoms with E-state index >= 15 is 0 Å². The summed E-state index contributed by atoms with van der Waals surface area (Å²) in [6.45, 7) is 1.39. The van der Waals surface area contributed by atoms with Crippen molar-refractivity contribution in [2.24, 2.45) is 0 Å². The summed E-state index contributed by atoms with van der Waals surface area (Å²) in [6.07, 6.45) is 2.06. The standard InChI is InChI=1S/C28H28Cl2N2O3/c29-23-12-8-20(9-13-23)17-26(33)32(19-21-10-14-24(30)15-11-21)27(22-5-2-1-3-6-22)28(34)31-18-25-7-4-16-35-25/h1-3,5-6,8-15,25,27H,4,7,16-19H2,(H,31,34)/t25-,27+/m1/s1. The number of nitrogens with zero attached hydrogens (tertiary/aromatic N) is 1. The number of halogens is 2. The van der Waals surface area contributed by atoms with Crippen molar-refractivity contribution in [2.45, 2.75) is 38.0 Å². The van der Waals surface area contributed by atoms with E-state index < -0.39 is 6.04 Å². The summed E-state index contributed by atoms with van der Waals surface area (Å²) in [5, 5.41) is 4.25. The Labute approximate surface area is 216 Å². The highest BCUT2D eigenvalue weighted by Crippen LogP contribution is 2.26. The van der Waals surface area contributed by atoms with Crippen LogP contribution < -0.4 is 5.32 Å². The van der Waals surface area contributed by atoms with Gasteiger partial charge in [0.1, 0.15) is 6.04 Å². The highest BCUT2D eigenvalue weighted by Gasteiger charge is 2.32. The summed E-state index contributed by atoms with van der Waals surface area (Å²) in [5.41, 5.74) is 2.45. The summed E-state index contributed by atoms with van der Waals surface area (Å²) < 4.78 is 5.67. The maximum Gasteiger partial charge on any atom is 0.247 e. The Morgan fingerprint density at radius 1 is 0.914 bits per heavy atom. The quantitative estimate of drug-likeness (QED) is 0.407. The van der Waals surface area contributed by atoms with Gasteiger partial charge >= 0.3 is 0 Å². The molecule has 0 aromatic heterocycles. The Morgan fingerprint density at radius 3 is 2.14 bits per heavy atom. The number of amides is 2. The van der Waals surface area contributed by atoms with Crippen molar-refractivity contribution in [1.29, 1.82) is 0 Å². The van der Waals surface area contributed by atoms with Crippen LogP contribution in [0.25, 0.3) is 0 Å². The molecule has 2 atom stereocenters. The molecule has 0 aliphatic carbocycles. The fourth-order valence-corrected chi connectivity index (χ4v) is 4.46. The lowest BCUT2D eigenvalue weighted by Gasteiger charge is -2.32. The van der Waals surface area contributed by atoms with Gasteiger partial charge in [-0.3, -0.25) is 9.59 Å². The number of nitrogens with one attached hydrogen (secondary N) is 1. The van der Waals surface area contributed by atoms with Gasteiger partial charge in [-0.25, -0.2) is 0 Å². The molecule has 0 saturated carbocycles. The Morgan fingerprint density at radius 2 is 1.54 bits per heavy atom. The van der Waals surface area contributed by atoms with Crippen molar-refractivity contribution in [3.63, 3.8) is 0 Å². The minimum absolute atomic E-state index is 0.00450. The molecule has 2 amide bonds. The first-order valence-corrected chi connectivity index (χ1v) is 12.5. The van der Waals surface area contributed by atoms with Crippen LogP contribution in [-0.2, 0) is 27.3 Å². The molecule has 1 fully saturated rings. The third kappa shape index (κ3) is 7.07. The first kappa shape index (κ1) is 25.2. The number of benzene rings is 3. The van der Waals surface area contributed by atoms with E-state index in [1.807, 2.05) is 54.6 Å². The van der Waals surface area contributed by atoms with E-state index in [1.54, 1.807) is 29.2 Å². The lowest BCUT2D eigenvalue weighted by Crippen LogP contribution is -2.45. The van der Waals surface area contributed by atoms with Crippen LogP contribution in [0, 0.1) is 0 Å². The maximum absolute atomic E-state index is 13.7. The van der Waals surface area contributed by atoms with Crippen LogP contribution in [0.3, 0.4) is 0 Å². The minimum Gasteiger partial charge on any atom is -0.376 e. The number of carbonyl (C=O) groups is 2. The van der Waals surface area contributed by atoms with E-state index in [0.29, 0.717) is 23.2 Å². The predicted octanol–water partition coefficient (Wildman–Crippen LogP) is 5.60. The topological polar surface area (TPSA) is 58.6 Å². The first-order chi connectivity index (χ1) is 17.0. The molecule has 1 aliphatic rings. The molecule has 182 valence electrons. The molecule has 1 saturated heterocycles. The van der Waals surface area contributed by atoms with Gasteiger partial charge in [0.15, 0.2) is 0 Å². The summed E-state index contributed by atoms with van der Waals surface area (Å²) in [4.78, 5) is 28.9. The van der Waals surface area contributed by atoms with Crippen molar-refractivity contribution in [3.8, 4) is 0 Å². The lowest BCUT2D eigenvalue weighted by molar-refractivity contribution is -0.141.